The van der Waals surface area contributed by atoms with Crippen LogP contribution in [0.25, 0.3) is 10.9 Å². The van der Waals surface area contributed by atoms with Crippen molar-refractivity contribution in [3.63, 3.8) is 0 Å². The molecule has 0 radical (unpaired) electrons. The molecule has 10 heteroatoms. The number of amides is 1. The third-order valence-electron chi connectivity index (χ3n) is 7.13. The van der Waals surface area contributed by atoms with E-state index in [0.29, 0.717) is 16.5 Å². The second-order valence-electron chi connectivity index (χ2n) is 9.60. The lowest BCUT2D eigenvalue weighted by atomic mass is 9.84. The first-order chi connectivity index (χ1) is 16.9. The number of hydrogen-bond donors (Lipinski definition) is 1. The molecule has 1 aromatic carbocycles. The Kier molecular flexibility index (Phi) is 7.40. The van der Waals surface area contributed by atoms with Gasteiger partial charge < -0.3 is 10.1 Å². The number of rotatable bonds is 8. The van der Waals surface area contributed by atoms with E-state index in [-0.39, 0.29) is 18.6 Å². The zero-order chi connectivity index (χ0) is 24.4. The second-order valence-corrected chi connectivity index (χ2v) is 10.8. The topological polar surface area (TPSA) is 72.3 Å². The maximum Gasteiger partial charge on any atom is 0.345 e. The molecule has 1 amide bonds. The molecule has 5 rings (SSSR count). The molecule has 1 fully saturated rings. The molecule has 1 N–H and O–H groups in total. The van der Waals surface area contributed by atoms with Gasteiger partial charge in [-0.05, 0) is 63.1 Å². The van der Waals surface area contributed by atoms with Gasteiger partial charge in [-0.1, -0.05) is 6.07 Å². The van der Waals surface area contributed by atoms with E-state index in [1.807, 2.05) is 31.4 Å². The molecule has 0 atom stereocenters. The SMILES string of the molecule is Cn1cc2c(C(=O)NC3CCC(CCN4CCc5sc(COC(F)F)nc5C4)CC3)cccc2n1. The number of ether oxygens (including phenoxy) is 1. The molecule has 0 saturated heterocycles. The highest BCUT2D eigenvalue weighted by molar-refractivity contribution is 7.11. The van der Waals surface area contributed by atoms with Gasteiger partial charge in [0.25, 0.3) is 5.91 Å². The van der Waals surface area contributed by atoms with Crippen LogP contribution in [0, 0.1) is 5.92 Å². The number of hydrogen-bond acceptors (Lipinski definition) is 6. The zero-order valence-electron chi connectivity index (χ0n) is 19.9. The van der Waals surface area contributed by atoms with E-state index < -0.39 is 6.61 Å². The summed E-state index contributed by atoms with van der Waals surface area (Å²) >= 11 is 1.50. The number of aromatic nitrogens is 3. The van der Waals surface area contributed by atoms with Gasteiger partial charge in [0, 0.05) is 42.6 Å². The largest absolute Gasteiger partial charge is 0.349 e. The monoisotopic (exact) mass is 503 g/mol. The summed E-state index contributed by atoms with van der Waals surface area (Å²) in [5, 5.41) is 9.16. The molecule has 7 nitrogen and oxygen atoms in total. The van der Waals surface area contributed by atoms with Crippen LogP contribution < -0.4 is 5.32 Å². The van der Waals surface area contributed by atoms with E-state index in [2.05, 4.69) is 25.0 Å². The summed E-state index contributed by atoms with van der Waals surface area (Å²) in [5.41, 5.74) is 2.54. The second kappa shape index (κ2) is 10.7. The molecule has 3 aromatic rings. The number of carbonyl (C=O) groups excluding carboxylic acids is 1. The molecule has 188 valence electrons. The number of thiazole rings is 1. The van der Waals surface area contributed by atoms with Crippen molar-refractivity contribution in [2.45, 2.75) is 64.3 Å². The lowest BCUT2D eigenvalue weighted by Crippen LogP contribution is -2.38. The normalized spacial score (nSPS) is 20.9. The minimum Gasteiger partial charge on any atom is -0.349 e. The lowest BCUT2D eigenvalue weighted by Gasteiger charge is -2.32. The first kappa shape index (κ1) is 24.3. The van der Waals surface area contributed by atoms with Gasteiger partial charge >= 0.3 is 6.61 Å². The van der Waals surface area contributed by atoms with Crippen molar-refractivity contribution in [2.75, 3.05) is 13.1 Å². The summed E-state index contributed by atoms with van der Waals surface area (Å²) in [4.78, 5) is 21.1. The van der Waals surface area contributed by atoms with Crippen LogP contribution in [0.1, 0.15) is 58.0 Å². The molecule has 1 aliphatic carbocycles. The van der Waals surface area contributed by atoms with Gasteiger partial charge in [-0.15, -0.1) is 11.3 Å². The van der Waals surface area contributed by atoms with Crippen LogP contribution >= 0.6 is 11.3 Å². The number of alkyl halides is 2. The van der Waals surface area contributed by atoms with Crippen molar-refractivity contribution in [3.05, 3.63) is 45.5 Å². The predicted octanol–water partition coefficient (Wildman–Crippen LogP) is 4.51. The molecule has 0 unspecified atom stereocenters. The molecule has 3 heterocycles. The molecular weight excluding hydrogens is 472 g/mol. The van der Waals surface area contributed by atoms with Gasteiger partial charge in [-0.2, -0.15) is 13.9 Å². The van der Waals surface area contributed by atoms with Crippen molar-refractivity contribution in [3.8, 4) is 0 Å². The minimum absolute atomic E-state index is 0.0160. The molecular formula is C25H31F2N5O2S. The predicted molar refractivity (Wildman–Crippen MR) is 130 cm³/mol. The molecule has 35 heavy (non-hydrogen) atoms. The van der Waals surface area contributed by atoms with Crippen LogP contribution in [-0.4, -0.2) is 51.3 Å². The fourth-order valence-corrected chi connectivity index (χ4v) is 6.26. The van der Waals surface area contributed by atoms with Crippen LogP contribution in [-0.2, 0) is 31.4 Å². The van der Waals surface area contributed by atoms with E-state index in [4.69, 9.17) is 0 Å². The number of carbonyl (C=O) groups is 1. The summed E-state index contributed by atoms with van der Waals surface area (Å²) in [5.74, 6) is 0.648. The quantitative estimate of drug-likeness (QED) is 0.490. The van der Waals surface area contributed by atoms with E-state index >= 15 is 0 Å². The van der Waals surface area contributed by atoms with Crippen LogP contribution in [0.4, 0.5) is 8.78 Å². The van der Waals surface area contributed by atoms with E-state index in [0.717, 1.165) is 74.8 Å². The summed E-state index contributed by atoms with van der Waals surface area (Å²) in [6.07, 6.45) is 8.20. The number of nitrogens with zero attached hydrogens (tertiary/aromatic N) is 4. The molecule has 2 aliphatic rings. The zero-order valence-corrected chi connectivity index (χ0v) is 20.7. The standard InChI is InChI=1S/C25H31F2N5O2S/c1-31-13-19-18(3-2-4-20(19)30-31)24(33)28-17-7-5-16(6-8-17)9-11-32-12-10-22-21(14-32)29-23(35-22)15-34-25(26)27/h2-4,13,16-17,25H,5-12,14-15H2,1H3,(H,28,33). The number of aryl methyl sites for hydroxylation is 1. The summed E-state index contributed by atoms with van der Waals surface area (Å²) < 4.78 is 30.7. The molecule has 1 saturated carbocycles. The molecule has 0 spiro atoms. The minimum atomic E-state index is -2.76. The Morgan fingerprint density at radius 3 is 2.91 bits per heavy atom. The third-order valence-corrected chi connectivity index (χ3v) is 8.26. The maximum absolute atomic E-state index is 12.9. The van der Waals surface area contributed by atoms with Crippen molar-refractivity contribution < 1.29 is 18.3 Å². The number of benzene rings is 1. The Morgan fingerprint density at radius 1 is 1.29 bits per heavy atom. The Balaban J connectivity index is 1.06. The first-order valence-corrected chi connectivity index (χ1v) is 13.1. The number of nitrogens with one attached hydrogen (secondary N) is 1. The van der Waals surface area contributed by atoms with E-state index in [9.17, 15) is 13.6 Å². The Bertz CT molecular complexity index is 1170. The van der Waals surface area contributed by atoms with E-state index in [1.54, 1.807) is 4.68 Å². The van der Waals surface area contributed by atoms with Crippen LogP contribution in [0.3, 0.4) is 0 Å². The molecule has 2 aromatic heterocycles. The Morgan fingerprint density at radius 2 is 2.11 bits per heavy atom. The average Bonchev–Trinajstić information content (AvgIpc) is 3.43. The fraction of sp³-hybridized carbons (Fsp3) is 0.560. The highest BCUT2D eigenvalue weighted by atomic mass is 32.1. The third kappa shape index (κ3) is 5.87. The van der Waals surface area contributed by atoms with Crippen LogP contribution in [0.5, 0.6) is 0 Å². The Labute approximate surface area is 207 Å². The van der Waals surface area contributed by atoms with Crippen molar-refractivity contribution in [1.29, 1.82) is 0 Å². The van der Waals surface area contributed by atoms with Gasteiger partial charge in [0.15, 0.2) is 0 Å². The smallest absolute Gasteiger partial charge is 0.345 e. The highest BCUT2D eigenvalue weighted by Crippen LogP contribution is 2.30. The molecule has 1 aliphatic heterocycles. The van der Waals surface area contributed by atoms with Crippen LogP contribution in [0.15, 0.2) is 24.4 Å². The van der Waals surface area contributed by atoms with Gasteiger partial charge in [0.2, 0.25) is 0 Å². The maximum atomic E-state index is 12.9. The first-order valence-electron chi connectivity index (χ1n) is 12.3. The fourth-order valence-electron chi connectivity index (χ4n) is 5.28. The summed E-state index contributed by atoms with van der Waals surface area (Å²) in [7, 11) is 1.87. The van der Waals surface area contributed by atoms with Crippen molar-refractivity contribution >= 4 is 28.1 Å². The highest BCUT2D eigenvalue weighted by Gasteiger charge is 2.26. The Hall–Kier alpha value is -2.43. The van der Waals surface area contributed by atoms with E-state index in [1.165, 1.54) is 16.2 Å². The number of fused-ring (bicyclic) bond motifs is 2. The summed E-state index contributed by atoms with van der Waals surface area (Å²) in [6, 6.07) is 5.89. The summed E-state index contributed by atoms with van der Waals surface area (Å²) in [6.45, 7) is -0.0929. The number of halogens is 2. The van der Waals surface area contributed by atoms with Crippen molar-refractivity contribution in [1.82, 2.24) is 25.0 Å². The van der Waals surface area contributed by atoms with Gasteiger partial charge in [-0.3, -0.25) is 14.4 Å². The lowest BCUT2D eigenvalue weighted by molar-refractivity contribution is -0.137. The van der Waals surface area contributed by atoms with Crippen molar-refractivity contribution in [2.24, 2.45) is 13.0 Å². The van der Waals surface area contributed by atoms with Gasteiger partial charge in [-0.25, -0.2) is 4.98 Å². The molecule has 0 bridgehead atoms. The van der Waals surface area contributed by atoms with Gasteiger partial charge in [0.05, 0.1) is 16.8 Å². The van der Waals surface area contributed by atoms with Crippen LogP contribution in [0.2, 0.25) is 0 Å². The average molecular weight is 504 g/mol. The van der Waals surface area contributed by atoms with Gasteiger partial charge in [0.1, 0.15) is 11.6 Å².